The van der Waals surface area contributed by atoms with Crippen LogP contribution in [0, 0.1) is 0 Å². The van der Waals surface area contributed by atoms with E-state index in [4.69, 9.17) is 0 Å². The van der Waals surface area contributed by atoms with Gasteiger partial charge in [0.05, 0.1) is 6.54 Å². The van der Waals surface area contributed by atoms with Crippen LogP contribution in [-0.2, 0) is 9.59 Å². The molecule has 0 aliphatic carbocycles. The zero-order valence-corrected chi connectivity index (χ0v) is 11.0. The van der Waals surface area contributed by atoms with Gasteiger partial charge in [0.25, 0.3) is 0 Å². The second-order valence-electron chi connectivity index (χ2n) is 4.81. The Balaban J connectivity index is 2.35. The summed E-state index contributed by atoms with van der Waals surface area (Å²) in [6, 6.07) is 0.257. The molecule has 1 unspecified atom stereocenters. The van der Waals surface area contributed by atoms with Crippen LogP contribution in [-0.4, -0.2) is 35.8 Å². The Bertz CT molecular complexity index is 266. The standard InChI is InChI=1S/C13H24N2O2/c1-3-4-5-6-7-11(2)15-9-8-12(16)14-10-13(15)17/h11H,3-10H2,1-2H3,(H,14,16). The first-order valence-corrected chi connectivity index (χ1v) is 6.71. The van der Waals surface area contributed by atoms with Crippen LogP contribution in [0.2, 0.25) is 0 Å². The zero-order valence-electron chi connectivity index (χ0n) is 11.0. The second kappa shape index (κ2) is 7.30. The zero-order chi connectivity index (χ0) is 12.7. The van der Waals surface area contributed by atoms with Gasteiger partial charge in [0, 0.05) is 19.0 Å². The molecule has 0 aromatic rings. The minimum absolute atomic E-state index is 0.0148. The molecule has 4 nitrogen and oxygen atoms in total. The maximum absolute atomic E-state index is 11.8. The van der Waals surface area contributed by atoms with E-state index in [9.17, 15) is 9.59 Å². The number of carbonyl (C=O) groups excluding carboxylic acids is 2. The molecule has 0 aromatic carbocycles. The molecule has 1 aliphatic rings. The van der Waals surface area contributed by atoms with Gasteiger partial charge >= 0.3 is 0 Å². The SMILES string of the molecule is CCCCCCC(C)N1CCC(=O)NCC1=O. The fraction of sp³-hybridized carbons (Fsp3) is 0.846. The van der Waals surface area contributed by atoms with Crippen LogP contribution in [0.4, 0.5) is 0 Å². The minimum atomic E-state index is -0.0148. The van der Waals surface area contributed by atoms with E-state index in [-0.39, 0.29) is 24.4 Å². The Kier molecular flexibility index (Phi) is 6.01. The van der Waals surface area contributed by atoms with Crippen molar-refractivity contribution in [2.75, 3.05) is 13.1 Å². The van der Waals surface area contributed by atoms with Gasteiger partial charge in [0.15, 0.2) is 0 Å². The minimum Gasteiger partial charge on any atom is -0.347 e. The van der Waals surface area contributed by atoms with Gasteiger partial charge in [-0.1, -0.05) is 32.6 Å². The first kappa shape index (κ1) is 14.0. The average Bonchev–Trinajstić information content (AvgIpc) is 2.47. The highest BCUT2D eigenvalue weighted by Crippen LogP contribution is 2.12. The number of nitrogens with one attached hydrogen (secondary N) is 1. The lowest BCUT2D eigenvalue weighted by atomic mass is 10.1. The van der Waals surface area contributed by atoms with Gasteiger partial charge in [0.1, 0.15) is 0 Å². The van der Waals surface area contributed by atoms with Crippen LogP contribution in [0.1, 0.15) is 52.4 Å². The van der Waals surface area contributed by atoms with Crippen molar-refractivity contribution in [3.05, 3.63) is 0 Å². The van der Waals surface area contributed by atoms with Crippen molar-refractivity contribution in [2.24, 2.45) is 0 Å². The number of amides is 2. The van der Waals surface area contributed by atoms with E-state index in [0.717, 1.165) is 6.42 Å². The highest BCUT2D eigenvalue weighted by Gasteiger charge is 2.23. The fourth-order valence-electron chi connectivity index (χ4n) is 2.20. The van der Waals surface area contributed by atoms with Crippen molar-refractivity contribution in [3.63, 3.8) is 0 Å². The molecule has 0 aromatic heterocycles. The highest BCUT2D eigenvalue weighted by molar-refractivity contribution is 5.87. The third kappa shape index (κ3) is 4.75. The molecule has 17 heavy (non-hydrogen) atoms. The summed E-state index contributed by atoms with van der Waals surface area (Å²) in [5.74, 6) is 0.0397. The molecule has 0 saturated carbocycles. The van der Waals surface area contributed by atoms with Crippen LogP contribution in [0.15, 0.2) is 0 Å². The van der Waals surface area contributed by atoms with Crippen LogP contribution in [0.3, 0.4) is 0 Å². The Morgan fingerprint density at radius 1 is 1.29 bits per heavy atom. The van der Waals surface area contributed by atoms with Gasteiger partial charge in [-0.15, -0.1) is 0 Å². The smallest absolute Gasteiger partial charge is 0.242 e. The largest absolute Gasteiger partial charge is 0.347 e. The predicted octanol–water partition coefficient (Wildman–Crippen LogP) is 1.69. The number of hydrogen-bond acceptors (Lipinski definition) is 2. The van der Waals surface area contributed by atoms with Crippen LogP contribution < -0.4 is 5.32 Å². The van der Waals surface area contributed by atoms with Gasteiger partial charge in [-0.25, -0.2) is 0 Å². The topological polar surface area (TPSA) is 49.4 Å². The Labute approximate surface area is 104 Å². The number of nitrogens with zero attached hydrogens (tertiary/aromatic N) is 1. The van der Waals surface area contributed by atoms with Crippen LogP contribution in [0.25, 0.3) is 0 Å². The number of unbranched alkanes of at least 4 members (excludes halogenated alkanes) is 3. The summed E-state index contributed by atoms with van der Waals surface area (Å²) in [6.45, 7) is 5.01. The molecule has 1 saturated heterocycles. The molecule has 1 fully saturated rings. The molecule has 1 atom stereocenters. The normalized spacial score (nSPS) is 18.8. The second-order valence-corrected chi connectivity index (χ2v) is 4.81. The molecule has 1 N–H and O–H groups in total. The lowest BCUT2D eigenvalue weighted by molar-refractivity contribution is -0.132. The predicted molar refractivity (Wildman–Crippen MR) is 67.6 cm³/mol. The van der Waals surface area contributed by atoms with Crippen molar-refractivity contribution in [1.29, 1.82) is 0 Å². The van der Waals surface area contributed by atoms with E-state index in [1.54, 1.807) is 0 Å². The third-order valence-corrected chi connectivity index (χ3v) is 3.34. The van der Waals surface area contributed by atoms with Crippen molar-refractivity contribution in [3.8, 4) is 0 Å². The van der Waals surface area contributed by atoms with E-state index in [1.165, 1.54) is 25.7 Å². The summed E-state index contributed by atoms with van der Waals surface area (Å²) >= 11 is 0. The number of carbonyl (C=O) groups is 2. The molecule has 0 radical (unpaired) electrons. The Morgan fingerprint density at radius 2 is 2.06 bits per heavy atom. The molecule has 4 heteroatoms. The molecule has 2 amide bonds. The average molecular weight is 240 g/mol. The quantitative estimate of drug-likeness (QED) is 0.718. The van der Waals surface area contributed by atoms with Gasteiger partial charge in [-0.05, 0) is 13.3 Å². The first-order chi connectivity index (χ1) is 8.15. The Hall–Kier alpha value is -1.06. The first-order valence-electron chi connectivity index (χ1n) is 6.71. The van der Waals surface area contributed by atoms with Crippen molar-refractivity contribution >= 4 is 11.8 Å². The lowest BCUT2D eigenvalue weighted by Gasteiger charge is -2.27. The van der Waals surface area contributed by atoms with Gasteiger partial charge in [0.2, 0.25) is 11.8 Å². The van der Waals surface area contributed by atoms with Crippen molar-refractivity contribution in [2.45, 2.75) is 58.4 Å². The summed E-state index contributed by atoms with van der Waals surface area (Å²) < 4.78 is 0. The summed E-state index contributed by atoms with van der Waals surface area (Å²) in [7, 11) is 0. The molecule has 0 bridgehead atoms. The van der Waals surface area contributed by atoms with Crippen molar-refractivity contribution in [1.82, 2.24) is 10.2 Å². The molecule has 0 spiro atoms. The Morgan fingerprint density at radius 3 is 2.76 bits per heavy atom. The van der Waals surface area contributed by atoms with Crippen molar-refractivity contribution < 1.29 is 9.59 Å². The van der Waals surface area contributed by atoms with E-state index < -0.39 is 0 Å². The van der Waals surface area contributed by atoms with E-state index in [1.807, 2.05) is 4.90 Å². The monoisotopic (exact) mass is 240 g/mol. The number of rotatable bonds is 6. The van der Waals surface area contributed by atoms with Crippen LogP contribution >= 0.6 is 0 Å². The maximum Gasteiger partial charge on any atom is 0.242 e. The third-order valence-electron chi connectivity index (χ3n) is 3.34. The summed E-state index contributed by atoms with van der Waals surface area (Å²) in [4.78, 5) is 24.9. The lowest BCUT2D eigenvalue weighted by Crippen LogP contribution is -2.41. The van der Waals surface area contributed by atoms with Gasteiger partial charge in [-0.2, -0.15) is 0 Å². The summed E-state index contributed by atoms with van der Waals surface area (Å²) in [5, 5.41) is 2.63. The summed E-state index contributed by atoms with van der Waals surface area (Å²) in [6.07, 6.45) is 6.38. The van der Waals surface area contributed by atoms with Crippen LogP contribution in [0.5, 0.6) is 0 Å². The molecule has 98 valence electrons. The maximum atomic E-state index is 11.8. The highest BCUT2D eigenvalue weighted by atomic mass is 16.2. The molecule has 1 aliphatic heterocycles. The molecular weight excluding hydrogens is 216 g/mol. The molecule has 1 rings (SSSR count). The molecule has 1 heterocycles. The van der Waals surface area contributed by atoms with E-state index in [2.05, 4.69) is 19.2 Å². The summed E-state index contributed by atoms with van der Waals surface area (Å²) in [5.41, 5.74) is 0. The number of hydrogen-bond donors (Lipinski definition) is 1. The van der Waals surface area contributed by atoms with Gasteiger partial charge in [-0.3, -0.25) is 9.59 Å². The fourth-order valence-corrected chi connectivity index (χ4v) is 2.20. The van der Waals surface area contributed by atoms with E-state index in [0.29, 0.717) is 13.0 Å². The molecular formula is C13H24N2O2. The van der Waals surface area contributed by atoms with E-state index >= 15 is 0 Å². The van der Waals surface area contributed by atoms with Gasteiger partial charge < -0.3 is 10.2 Å².